The number of hydrogen-bond acceptors (Lipinski definition) is 3. The van der Waals surface area contributed by atoms with Crippen LogP contribution in [-0.4, -0.2) is 61.2 Å². The molecule has 3 aromatic carbocycles. The smallest absolute Gasteiger partial charge is 0.119 e. The first-order chi connectivity index (χ1) is 18.3. The van der Waals surface area contributed by atoms with Gasteiger partial charge in [0.2, 0.25) is 0 Å². The summed E-state index contributed by atoms with van der Waals surface area (Å²) in [7, 11) is -0.777. The van der Waals surface area contributed by atoms with Crippen molar-refractivity contribution in [2.45, 2.75) is 43.1 Å². The number of alkyl halides is 1. The Bertz CT molecular complexity index is 1280. The van der Waals surface area contributed by atoms with Gasteiger partial charge in [-0.2, -0.15) is 0 Å². The summed E-state index contributed by atoms with van der Waals surface area (Å²) in [4.78, 5) is 3.71. The van der Waals surface area contributed by atoms with Gasteiger partial charge in [0.15, 0.2) is 0 Å². The molecule has 0 aromatic heterocycles. The third kappa shape index (κ3) is 6.10. The Morgan fingerprint density at radius 3 is 2.39 bits per heavy atom. The van der Waals surface area contributed by atoms with Gasteiger partial charge >= 0.3 is 0 Å². The lowest BCUT2D eigenvalue weighted by Crippen LogP contribution is -2.26. The molecule has 1 heterocycles. The molecule has 1 aliphatic heterocycles. The SMILES string of the molecule is CS(C)(C)c1ccc(C2=C(c3ccc(O[C@H]4CCN(CCCF)C4)cc3)c3ccc(O)cc3CCC2)cc1. The number of phenols is 1. The lowest BCUT2D eigenvalue weighted by Gasteiger charge is -2.26. The average Bonchev–Trinajstić information content (AvgIpc) is 3.26. The fraction of sp³-hybridized carbons (Fsp3) is 0.394. The van der Waals surface area contributed by atoms with Crippen LogP contribution in [-0.2, 0) is 6.42 Å². The third-order valence-electron chi connectivity index (χ3n) is 7.73. The van der Waals surface area contributed by atoms with Gasteiger partial charge in [-0.15, -0.1) is 0 Å². The fourth-order valence-corrected chi connectivity index (χ4v) is 6.68. The Hall–Kier alpha value is -2.76. The summed E-state index contributed by atoms with van der Waals surface area (Å²) in [5.41, 5.74) is 7.45. The van der Waals surface area contributed by atoms with Crippen molar-refractivity contribution in [2.75, 3.05) is 45.1 Å². The van der Waals surface area contributed by atoms with Crippen LogP contribution in [0.15, 0.2) is 71.6 Å². The van der Waals surface area contributed by atoms with E-state index in [2.05, 4.69) is 78.3 Å². The molecule has 1 fully saturated rings. The molecule has 38 heavy (non-hydrogen) atoms. The lowest BCUT2D eigenvalue weighted by molar-refractivity contribution is 0.198. The Morgan fingerprint density at radius 2 is 1.68 bits per heavy atom. The molecular weight excluding hydrogens is 493 g/mol. The second-order valence-electron chi connectivity index (χ2n) is 11.3. The number of nitrogens with zero attached hydrogens (tertiary/aromatic N) is 1. The summed E-state index contributed by atoms with van der Waals surface area (Å²) in [6.07, 6.45) is 11.7. The predicted octanol–water partition coefficient (Wildman–Crippen LogP) is 7.55. The number of ether oxygens (including phenoxy) is 1. The molecule has 1 atom stereocenters. The molecule has 0 radical (unpaired) electrons. The minimum Gasteiger partial charge on any atom is -0.508 e. The highest BCUT2D eigenvalue weighted by Gasteiger charge is 2.24. The highest BCUT2D eigenvalue weighted by Crippen LogP contribution is 2.46. The van der Waals surface area contributed by atoms with Gasteiger partial charge in [0.1, 0.15) is 17.6 Å². The quantitative estimate of drug-likeness (QED) is 0.324. The Morgan fingerprint density at radius 1 is 0.947 bits per heavy atom. The van der Waals surface area contributed by atoms with Crippen LogP contribution in [0.3, 0.4) is 0 Å². The Labute approximate surface area is 228 Å². The number of hydrogen-bond donors (Lipinski definition) is 1. The molecule has 5 heteroatoms. The number of fused-ring (bicyclic) bond motifs is 1. The second-order valence-corrected chi connectivity index (χ2v) is 15.5. The van der Waals surface area contributed by atoms with E-state index >= 15 is 0 Å². The van der Waals surface area contributed by atoms with Gasteiger partial charge < -0.3 is 9.84 Å². The largest absolute Gasteiger partial charge is 0.508 e. The Balaban J connectivity index is 1.47. The van der Waals surface area contributed by atoms with Gasteiger partial charge in [-0.25, -0.2) is 10.0 Å². The topological polar surface area (TPSA) is 32.7 Å². The summed E-state index contributed by atoms with van der Waals surface area (Å²) in [5.74, 6) is 1.20. The molecule has 1 N–H and O–H groups in total. The maximum atomic E-state index is 12.5. The zero-order valence-electron chi connectivity index (χ0n) is 22.9. The van der Waals surface area contributed by atoms with Crippen molar-refractivity contribution in [1.82, 2.24) is 4.90 Å². The number of phenolic OH excluding ortho intramolecular Hbond substituents is 1. The standard InChI is InChI=1S/C33H40FNO2S/c1-38(2,3)30-15-10-24(11-16-30)31-7-4-6-26-22-27(36)12-17-32(26)33(31)25-8-13-28(14-9-25)37-29-18-21-35(23-29)20-5-19-34/h8-17,22,29,36H,4-7,18-21,23H2,1-3H3/t29-/m0/s1. The number of benzene rings is 3. The number of aromatic hydroxyl groups is 1. The van der Waals surface area contributed by atoms with Crippen molar-refractivity contribution in [3.05, 3.63) is 89.0 Å². The summed E-state index contributed by atoms with van der Waals surface area (Å²) in [5, 5.41) is 10.2. The van der Waals surface area contributed by atoms with E-state index in [0.717, 1.165) is 51.1 Å². The van der Waals surface area contributed by atoms with Gasteiger partial charge in [0.05, 0.1) is 6.67 Å². The van der Waals surface area contributed by atoms with E-state index in [9.17, 15) is 9.50 Å². The van der Waals surface area contributed by atoms with Crippen LogP contribution >= 0.6 is 10.0 Å². The molecule has 0 unspecified atom stereocenters. The highest BCUT2D eigenvalue weighted by molar-refractivity contribution is 8.32. The molecule has 202 valence electrons. The highest BCUT2D eigenvalue weighted by atomic mass is 32.3. The molecule has 0 saturated carbocycles. The number of allylic oxidation sites excluding steroid dienone is 1. The molecule has 5 rings (SSSR count). The fourth-order valence-electron chi connectivity index (χ4n) is 5.73. The van der Waals surface area contributed by atoms with Gasteiger partial charge in [-0.05, 0) is 126 Å². The van der Waals surface area contributed by atoms with Crippen molar-refractivity contribution in [3.63, 3.8) is 0 Å². The van der Waals surface area contributed by atoms with Crippen LogP contribution in [0.25, 0.3) is 11.1 Å². The molecule has 1 saturated heterocycles. The van der Waals surface area contributed by atoms with E-state index in [1.165, 1.54) is 38.3 Å². The normalized spacial score (nSPS) is 18.8. The van der Waals surface area contributed by atoms with E-state index in [1.807, 2.05) is 6.07 Å². The molecule has 0 amide bonds. The van der Waals surface area contributed by atoms with Crippen molar-refractivity contribution in [1.29, 1.82) is 0 Å². The minimum absolute atomic E-state index is 0.153. The summed E-state index contributed by atoms with van der Waals surface area (Å²) in [6, 6.07) is 23.5. The van der Waals surface area contributed by atoms with E-state index in [0.29, 0.717) is 12.2 Å². The van der Waals surface area contributed by atoms with Crippen molar-refractivity contribution < 1.29 is 14.2 Å². The lowest BCUT2D eigenvalue weighted by atomic mass is 9.88. The molecular formula is C33H40FNO2S. The second kappa shape index (κ2) is 11.5. The maximum Gasteiger partial charge on any atom is 0.119 e. The molecule has 0 bridgehead atoms. The number of halogens is 1. The first-order valence-electron chi connectivity index (χ1n) is 13.7. The molecule has 2 aliphatic rings. The monoisotopic (exact) mass is 533 g/mol. The van der Waals surface area contributed by atoms with Crippen LogP contribution in [0.1, 0.15) is 47.9 Å². The van der Waals surface area contributed by atoms with Crippen LogP contribution in [0.5, 0.6) is 11.5 Å². The maximum absolute atomic E-state index is 12.5. The van der Waals surface area contributed by atoms with Crippen molar-refractivity contribution in [3.8, 4) is 11.5 Å². The van der Waals surface area contributed by atoms with E-state index in [1.54, 1.807) is 6.07 Å². The minimum atomic E-state index is -0.777. The van der Waals surface area contributed by atoms with Crippen molar-refractivity contribution >= 4 is 21.2 Å². The average molecular weight is 534 g/mol. The first kappa shape index (κ1) is 26.8. The summed E-state index contributed by atoms with van der Waals surface area (Å²) in [6.45, 7) is 2.38. The van der Waals surface area contributed by atoms with Gasteiger partial charge in [0, 0.05) is 19.6 Å². The van der Waals surface area contributed by atoms with E-state index in [-0.39, 0.29) is 12.8 Å². The van der Waals surface area contributed by atoms with E-state index < -0.39 is 10.0 Å². The molecule has 0 spiro atoms. The van der Waals surface area contributed by atoms with Crippen molar-refractivity contribution in [2.24, 2.45) is 0 Å². The number of rotatable bonds is 8. The van der Waals surface area contributed by atoms with Crippen LogP contribution in [0.2, 0.25) is 0 Å². The predicted molar refractivity (Wildman–Crippen MR) is 160 cm³/mol. The molecule has 3 aromatic rings. The van der Waals surface area contributed by atoms with Gasteiger partial charge in [0.25, 0.3) is 0 Å². The van der Waals surface area contributed by atoms with Crippen LogP contribution < -0.4 is 4.74 Å². The van der Waals surface area contributed by atoms with E-state index in [4.69, 9.17) is 4.74 Å². The van der Waals surface area contributed by atoms with Crippen LogP contribution in [0, 0.1) is 0 Å². The zero-order chi connectivity index (χ0) is 26.7. The number of aryl methyl sites for hydroxylation is 1. The Kier molecular flexibility index (Phi) is 8.15. The van der Waals surface area contributed by atoms with Gasteiger partial charge in [-0.1, -0.05) is 30.3 Å². The summed E-state index contributed by atoms with van der Waals surface area (Å²) < 4.78 is 18.9. The number of likely N-dealkylation sites (tertiary alicyclic amines) is 1. The zero-order valence-corrected chi connectivity index (χ0v) is 23.7. The van der Waals surface area contributed by atoms with Gasteiger partial charge in [-0.3, -0.25) is 9.29 Å². The third-order valence-corrected chi connectivity index (χ3v) is 9.41. The molecule has 3 nitrogen and oxygen atoms in total. The first-order valence-corrected chi connectivity index (χ1v) is 16.6. The summed E-state index contributed by atoms with van der Waals surface area (Å²) >= 11 is 0. The molecule has 1 aliphatic carbocycles. The van der Waals surface area contributed by atoms with Crippen LogP contribution in [0.4, 0.5) is 4.39 Å².